The number of benzene rings is 1. The Morgan fingerprint density at radius 3 is 3.06 bits per heavy atom. The van der Waals surface area contributed by atoms with Crippen LogP contribution in [0.3, 0.4) is 0 Å². The van der Waals surface area contributed by atoms with Gasteiger partial charge in [-0.3, -0.25) is 0 Å². The second kappa shape index (κ2) is 6.52. The van der Waals surface area contributed by atoms with E-state index in [2.05, 4.69) is 52.4 Å². The van der Waals surface area contributed by atoms with E-state index in [4.69, 9.17) is 0 Å². The molecule has 4 heteroatoms. The number of H-pyrrole nitrogens is 1. The van der Waals surface area contributed by atoms with Crippen molar-refractivity contribution in [3.8, 4) is 0 Å². The van der Waals surface area contributed by atoms with Gasteiger partial charge in [-0.25, -0.2) is 4.98 Å². The quantitative estimate of drug-likeness (QED) is 0.734. The highest BCUT2D eigenvalue weighted by Crippen LogP contribution is 2.12. The molecule has 0 saturated carbocycles. The molecule has 0 bridgehead atoms. The molecule has 4 nitrogen and oxygen atoms in total. The summed E-state index contributed by atoms with van der Waals surface area (Å²) in [7, 11) is 2.16. The summed E-state index contributed by atoms with van der Waals surface area (Å²) in [6, 6.07) is 6.40. The largest absolute Gasteiger partial charge is 0.345 e. The third-order valence-electron chi connectivity index (χ3n) is 3.03. The molecule has 1 heterocycles. The monoisotopic (exact) mass is 246 g/mol. The molecule has 0 aliphatic rings. The van der Waals surface area contributed by atoms with Crippen LogP contribution in [0.1, 0.15) is 18.9 Å². The van der Waals surface area contributed by atoms with Crippen LogP contribution in [0.4, 0.5) is 0 Å². The predicted molar refractivity (Wildman–Crippen MR) is 75.6 cm³/mol. The Morgan fingerprint density at radius 1 is 1.33 bits per heavy atom. The maximum absolute atomic E-state index is 4.23. The fourth-order valence-corrected chi connectivity index (χ4v) is 2.04. The SMILES string of the molecule is CCCNCCN(C)Cc1ccc2nc[nH]c2c1. The van der Waals surface area contributed by atoms with Crippen LogP contribution in [0, 0.1) is 0 Å². The minimum atomic E-state index is 0.975. The average Bonchev–Trinajstić information content (AvgIpc) is 2.82. The third-order valence-corrected chi connectivity index (χ3v) is 3.03. The molecule has 18 heavy (non-hydrogen) atoms. The first-order chi connectivity index (χ1) is 8.79. The van der Waals surface area contributed by atoms with Gasteiger partial charge in [-0.2, -0.15) is 0 Å². The third kappa shape index (κ3) is 3.55. The number of hydrogen-bond donors (Lipinski definition) is 2. The molecule has 98 valence electrons. The summed E-state index contributed by atoms with van der Waals surface area (Å²) in [5, 5.41) is 3.42. The van der Waals surface area contributed by atoms with Crippen LogP contribution in [-0.2, 0) is 6.54 Å². The normalized spacial score (nSPS) is 11.5. The molecule has 0 aliphatic carbocycles. The highest BCUT2D eigenvalue weighted by atomic mass is 15.1. The molecular formula is C14H22N4. The lowest BCUT2D eigenvalue weighted by atomic mass is 10.2. The topological polar surface area (TPSA) is 44.0 Å². The summed E-state index contributed by atoms with van der Waals surface area (Å²) in [5.74, 6) is 0. The minimum Gasteiger partial charge on any atom is -0.345 e. The lowest BCUT2D eigenvalue weighted by molar-refractivity contribution is 0.325. The number of hydrogen-bond acceptors (Lipinski definition) is 3. The fraction of sp³-hybridized carbons (Fsp3) is 0.500. The van der Waals surface area contributed by atoms with Crippen molar-refractivity contribution in [1.29, 1.82) is 0 Å². The Balaban J connectivity index is 1.84. The zero-order valence-electron chi connectivity index (χ0n) is 11.2. The number of aromatic nitrogens is 2. The molecule has 1 aromatic heterocycles. The maximum atomic E-state index is 4.23. The summed E-state index contributed by atoms with van der Waals surface area (Å²) in [5.41, 5.74) is 3.47. The van der Waals surface area contributed by atoms with Gasteiger partial charge in [-0.15, -0.1) is 0 Å². The molecule has 2 aromatic rings. The van der Waals surface area contributed by atoms with E-state index in [-0.39, 0.29) is 0 Å². The van der Waals surface area contributed by atoms with Gasteiger partial charge < -0.3 is 15.2 Å². The van der Waals surface area contributed by atoms with Crippen LogP contribution < -0.4 is 5.32 Å². The highest BCUT2D eigenvalue weighted by molar-refractivity contribution is 5.74. The van der Waals surface area contributed by atoms with Gasteiger partial charge in [0.25, 0.3) is 0 Å². The fourth-order valence-electron chi connectivity index (χ4n) is 2.04. The Morgan fingerprint density at radius 2 is 2.22 bits per heavy atom. The Kier molecular flexibility index (Phi) is 4.73. The second-order valence-electron chi connectivity index (χ2n) is 4.74. The predicted octanol–water partition coefficient (Wildman–Crippen LogP) is 1.99. The molecule has 0 saturated heterocycles. The van der Waals surface area contributed by atoms with Crippen LogP contribution in [-0.4, -0.2) is 41.5 Å². The van der Waals surface area contributed by atoms with E-state index in [1.165, 1.54) is 12.0 Å². The van der Waals surface area contributed by atoms with Crippen LogP contribution in [0.25, 0.3) is 11.0 Å². The number of imidazole rings is 1. The molecule has 0 radical (unpaired) electrons. The zero-order chi connectivity index (χ0) is 12.8. The van der Waals surface area contributed by atoms with Crippen LogP contribution in [0.5, 0.6) is 0 Å². The molecular weight excluding hydrogens is 224 g/mol. The van der Waals surface area contributed by atoms with Crippen molar-refractivity contribution < 1.29 is 0 Å². The van der Waals surface area contributed by atoms with Gasteiger partial charge >= 0.3 is 0 Å². The van der Waals surface area contributed by atoms with Crippen molar-refractivity contribution in [1.82, 2.24) is 20.2 Å². The summed E-state index contributed by atoms with van der Waals surface area (Å²) < 4.78 is 0. The molecule has 0 fully saturated rings. The molecule has 0 spiro atoms. The van der Waals surface area contributed by atoms with E-state index >= 15 is 0 Å². The van der Waals surface area contributed by atoms with E-state index < -0.39 is 0 Å². The molecule has 0 unspecified atom stereocenters. The van der Waals surface area contributed by atoms with Crippen molar-refractivity contribution in [2.75, 3.05) is 26.7 Å². The molecule has 0 amide bonds. The van der Waals surface area contributed by atoms with Crippen molar-refractivity contribution in [3.63, 3.8) is 0 Å². The van der Waals surface area contributed by atoms with Gasteiger partial charge in [0.15, 0.2) is 0 Å². The van der Waals surface area contributed by atoms with Crippen molar-refractivity contribution in [3.05, 3.63) is 30.1 Å². The Bertz CT molecular complexity index is 477. The second-order valence-corrected chi connectivity index (χ2v) is 4.74. The molecule has 0 atom stereocenters. The van der Waals surface area contributed by atoms with Gasteiger partial charge in [-0.1, -0.05) is 13.0 Å². The lowest BCUT2D eigenvalue weighted by Gasteiger charge is -2.16. The Labute approximate surface area is 108 Å². The average molecular weight is 246 g/mol. The number of fused-ring (bicyclic) bond motifs is 1. The first kappa shape index (κ1) is 13.1. The molecule has 2 N–H and O–H groups in total. The first-order valence-electron chi connectivity index (χ1n) is 6.61. The summed E-state index contributed by atoms with van der Waals surface area (Å²) in [4.78, 5) is 9.71. The summed E-state index contributed by atoms with van der Waals surface area (Å²) in [6.45, 7) is 6.39. The summed E-state index contributed by atoms with van der Waals surface area (Å²) in [6.07, 6.45) is 2.94. The first-order valence-corrected chi connectivity index (χ1v) is 6.61. The molecule has 1 aromatic carbocycles. The van der Waals surface area contributed by atoms with E-state index in [9.17, 15) is 0 Å². The summed E-state index contributed by atoms with van der Waals surface area (Å²) >= 11 is 0. The minimum absolute atomic E-state index is 0.975. The van der Waals surface area contributed by atoms with Gasteiger partial charge in [0, 0.05) is 19.6 Å². The van der Waals surface area contributed by atoms with Crippen LogP contribution in [0.15, 0.2) is 24.5 Å². The van der Waals surface area contributed by atoms with Crippen molar-refractivity contribution in [2.24, 2.45) is 0 Å². The highest BCUT2D eigenvalue weighted by Gasteiger charge is 2.02. The van der Waals surface area contributed by atoms with Crippen LogP contribution in [0.2, 0.25) is 0 Å². The van der Waals surface area contributed by atoms with Crippen molar-refractivity contribution in [2.45, 2.75) is 19.9 Å². The van der Waals surface area contributed by atoms with E-state index in [1.54, 1.807) is 6.33 Å². The van der Waals surface area contributed by atoms with E-state index in [0.717, 1.165) is 37.2 Å². The smallest absolute Gasteiger partial charge is 0.0931 e. The Hall–Kier alpha value is -1.39. The lowest BCUT2D eigenvalue weighted by Crippen LogP contribution is -2.29. The molecule has 0 aliphatic heterocycles. The van der Waals surface area contributed by atoms with Gasteiger partial charge in [0.05, 0.1) is 17.4 Å². The van der Waals surface area contributed by atoms with Gasteiger partial charge in [-0.05, 0) is 37.7 Å². The van der Waals surface area contributed by atoms with Crippen molar-refractivity contribution >= 4 is 11.0 Å². The number of rotatable bonds is 7. The standard InChI is InChI=1S/C14H22N4/c1-3-6-15-7-8-18(2)10-12-4-5-13-14(9-12)17-11-16-13/h4-5,9,11,15H,3,6-8,10H2,1-2H3,(H,16,17). The van der Waals surface area contributed by atoms with Gasteiger partial charge in [0.1, 0.15) is 0 Å². The number of likely N-dealkylation sites (N-methyl/N-ethyl adjacent to an activating group) is 1. The zero-order valence-corrected chi connectivity index (χ0v) is 11.2. The van der Waals surface area contributed by atoms with E-state index in [1.807, 2.05) is 0 Å². The van der Waals surface area contributed by atoms with E-state index in [0.29, 0.717) is 0 Å². The molecule has 2 rings (SSSR count). The number of nitrogens with zero attached hydrogens (tertiary/aromatic N) is 2. The van der Waals surface area contributed by atoms with Gasteiger partial charge in [0.2, 0.25) is 0 Å². The number of aromatic amines is 1. The van der Waals surface area contributed by atoms with Crippen LogP contribution >= 0.6 is 0 Å². The number of nitrogens with one attached hydrogen (secondary N) is 2. The maximum Gasteiger partial charge on any atom is 0.0931 e.